The first-order valence-corrected chi connectivity index (χ1v) is 13.2. The third kappa shape index (κ3) is 6.45. The van der Waals surface area contributed by atoms with Gasteiger partial charge in [0.15, 0.2) is 5.69 Å². The number of aromatic nitrogens is 3. The molecule has 3 aromatic rings. The van der Waals surface area contributed by atoms with Crippen LogP contribution in [0.25, 0.3) is 11.0 Å². The number of imidazole rings is 1. The third-order valence-electron chi connectivity index (χ3n) is 6.82. The number of piperidine rings is 1. The van der Waals surface area contributed by atoms with Crippen molar-refractivity contribution in [3.8, 4) is 5.75 Å². The lowest BCUT2D eigenvalue weighted by atomic mass is 9.82. The van der Waals surface area contributed by atoms with Crippen LogP contribution in [-0.2, 0) is 22.7 Å². The number of aliphatic hydroxyl groups is 1. The molecule has 1 aromatic carbocycles. The molecule has 0 aliphatic carbocycles. The van der Waals surface area contributed by atoms with E-state index in [4.69, 9.17) is 13.9 Å². The normalized spacial score (nSPS) is 22.2. The van der Waals surface area contributed by atoms with Crippen molar-refractivity contribution < 1.29 is 50.1 Å². The second-order valence-electron chi connectivity index (χ2n) is 11.8. The highest BCUT2D eigenvalue weighted by Gasteiger charge is 2.50. The van der Waals surface area contributed by atoms with Crippen LogP contribution < -0.4 is 4.74 Å². The maximum atomic E-state index is 14.1. The van der Waals surface area contributed by atoms with Crippen LogP contribution in [0.3, 0.4) is 0 Å². The molecule has 0 radical (unpaired) electrons. The van der Waals surface area contributed by atoms with Gasteiger partial charge in [-0.05, 0) is 47.6 Å². The molecule has 15 heteroatoms. The van der Waals surface area contributed by atoms with Crippen LogP contribution >= 0.6 is 0 Å². The first kappa shape index (κ1) is 31.4. The predicted octanol–water partition coefficient (Wildman–Crippen LogP) is 6.70. The SMILES string of the molecule is CC(C)n1cnc2cc(OC[C@@H]3C[C@@](O)(c4nc(C(F)(F)F)co4)C[C@H](C)N3C(=O)OC(C)(C)C)cc(C(F)(F)F)c21. The first-order chi connectivity index (χ1) is 19.2. The van der Waals surface area contributed by atoms with Crippen LogP contribution in [0.5, 0.6) is 5.75 Å². The maximum Gasteiger partial charge on any atom is 0.436 e. The first-order valence-electron chi connectivity index (χ1n) is 13.2. The van der Waals surface area contributed by atoms with E-state index in [1.165, 1.54) is 21.9 Å². The average molecular weight is 607 g/mol. The number of ether oxygens (including phenoxy) is 2. The van der Waals surface area contributed by atoms with E-state index in [0.717, 1.165) is 6.07 Å². The fraction of sp³-hybridized carbons (Fsp3) is 0.593. The van der Waals surface area contributed by atoms with E-state index in [2.05, 4.69) is 9.97 Å². The fourth-order valence-electron chi connectivity index (χ4n) is 5.12. The molecule has 1 aliphatic rings. The van der Waals surface area contributed by atoms with Crippen LogP contribution in [0.1, 0.15) is 77.6 Å². The van der Waals surface area contributed by atoms with Crippen molar-refractivity contribution in [2.24, 2.45) is 0 Å². The van der Waals surface area contributed by atoms with E-state index in [-0.39, 0.29) is 29.2 Å². The standard InChI is InChI=1S/C27H32F6N4O5/c1-14(2)36-13-34-19-8-17(7-18(21(19)36)26(28,29)30)40-11-16-10-25(39,22-35-20(12-41-22)27(31,32)33)9-15(3)37(16)23(38)42-24(4,5)6/h7-8,12-16,39H,9-11H2,1-6H3/t15-,16-,25+/m0/s1. The van der Waals surface area contributed by atoms with Crippen molar-refractivity contribution in [3.63, 3.8) is 0 Å². The summed E-state index contributed by atoms with van der Waals surface area (Å²) in [7, 11) is 0. The van der Waals surface area contributed by atoms with Gasteiger partial charge in [-0.2, -0.15) is 26.3 Å². The average Bonchev–Trinajstić information content (AvgIpc) is 3.48. The highest BCUT2D eigenvalue weighted by molar-refractivity contribution is 5.81. The second-order valence-corrected chi connectivity index (χ2v) is 11.8. The summed E-state index contributed by atoms with van der Waals surface area (Å²) in [4.78, 5) is 22.0. The maximum absolute atomic E-state index is 14.1. The number of halogens is 6. The summed E-state index contributed by atoms with van der Waals surface area (Å²) in [6, 6.07) is -0.0390. The van der Waals surface area contributed by atoms with E-state index >= 15 is 0 Å². The molecule has 0 bridgehead atoms. The van der Waals surface area contributed by atoms with Gasteiger partial charge < -0.3 is 23.6 Å². The Kier molecular flexibility index (Phi) is 7.98. The lowest BCUT2D eigenvalue weighted by Gasteiger charge is -2.46. The number of rotatable bonds is 5. The van der Waals surface area contributed by atoms with E-state index < -0.39 is 71.9 Å². The molecule has 1 amide bonds. The zero-order valence-corrected chi connectivity index (χ0v) is 23.8. The van der Waals surface area contributed by atoms with Crippen molar-refractivity contribution in [2.45, 2.75) is 96.1 Å². The molecule has 1 N–H and O–H groups in total. The molecule has 42 heavy (non-hydrogen) atoms. The van der Waals surface area contributed by atoms with Gasteiger partial charge in [0.2, 0.25) is 5.89 Å². The van der Waals surface area contributed by atoms with E-state index in [9.17, 15) is 36.2 Å². The number of carbonyl (C=O) groups is 1. The number of hydrogen-bond acceptors (Lipinski definition) is 7. The largest absolute Gasteiger partial charge is 0.491 e. The molecule has 3 atom stereocenters. The molecule has 232 valence electrons. The molecular weight excluding hydrogens is 574 g/mol. The Morgan fingerprint density at radius 3 is 2.36 bits per heavy atom. The summed E-state index contributed by atoms with van der Waals surface area (Å²) < 4.78 is 99.4. The summed E-state index contributed by atoms with van der Waals surface area (Å²) >= 11 is 0. The van der Waals surface area contributed by atoms with Crippen LogP contribution in [0.15, 0.2) is 29.1 Å². The number of amides is 1. The number of nitrogens with zero attached hydrogens (tertiary/aromatic N) is 4. The van der Waals surface area contributed by atoms with Gasteiger partial charge >= 0.3 is 18.4 Å². The number of alkyl halides is 6. The molecule has 1 fully saturated rings. The highest BCUT2D eigenvalue weighted by atomic mass is 19.4. The zero-order chi connectivity index (χ0) is 31.4. The quantitative estimate of drug-likeness (QED) is 0.323. The minimum absolute atomic E-state index is 0.0329. The van der Waals surface area contributed by atoms with E-state index in [1.807, 2.05) is 0 Å². The third-order valence-corrected chi connectivity index (χ3v) is 6.82. The lowest BCUT2D eigenvalue weighted by Crippen LogP contribution is -2.58. The molecule has 2 aromatic heterocycles. The minimum atomic E-state index is -4.82. The Labute approximate surface area is 237 Å². The summed E-state index contributed by atoms with van der Waals surface area (Å²) in [6.07, 6.45) is -9.33. The van der Waals surface area contributed by atoms with Crippen LogP contribution in [0, 0.1) is 0 Å². The molecule has 0 spiro atoms. The minimum Gasteiger partial charge on any atom is -0.491 e. The van der Waals surface area contributed by atoms with Crippen molar-refractivity contribution in [1.29, 1.82) is 0 Å². The van der Waals surface area contributed by atoms with Gasteiger partial charge in [0.05, 0.1) is 29.0 Å². The molecule has 1 aliphatic heterocycles. The van der Waals surface area contributed by atoms with Crippen molar-refractivity contribution in [3.05, 3.63) is 41.9 Å². The van der Waals surface area contributed by atoms with Gasteiger partial charge in [-0.1, -0.05) is 0 Å². The molecule has 4 rings (SSSR count). The van der Waals surface area contributed by atoms with E-state index in [1.54, 1.807) is 41.5 Å². The topological polar surface area (TPSA) is 103 Å². The van der Waals surface area contributed by atoms with Gasteiger partial charge in [-0.3, -0.25) is 4.90 Å². The van der Waals surface area contributed by atoms with Crippen molar-refractivity contribution >= 4 is 17.1 Å². The van der Waals surface area contributed by atoms with Crippen molar-refractivity contribution in [1.82, 2.24) is 19.4 Å². The number of oxazole rings is 1. The zero-order valence-electron chi connectivity index (χ0n) is 23.8. The predicted molar refractivity (Wildman–Crippen MR) is 137 cm³/mol. The summed E-state index contributed by atoms with van der Waals surface area (Å²) in [6.45, 7) is 9.44. The molecule has 0 saturated carbocycles. The summed E-state index contributed by atoms with van der Waals surface area (Å²) in [5, 5.41) is 11.4. The molecular formula is C27H32F6N4O5. The Morgan fingerprint density at radius 2 is 1.81 bits per heavy atom. The van der Waals surface area contributed by atoms with Gasteiger partial charge in [-0.25, -0.2) is 14.8 Å². The Hall–Kier alpha value is -3.49. The number of hydrogen-bond donors (Lipinski definition) is 1. The lowest BCUT2D eigenvalue weighted by molar-refractivity contribution is -0.141. The monoisotopic (exact) mass is 606 g/mol. The second kappa shape index (κ2) is 10.7. The van der Waals surface area contributed by atoms with Gasteiger partial charge in [0.1, 0.15) is 29.8 Å². The molecule has 3 heterocycles. The molecule has 9 nitrogen and oxygen atoms in total. The van der Waals surface area contributed by atoms with Crippen LogP contribution in [0.2, 0.25) is 0 Å². The summed E-state index contributed by atoms with van der Waals surface area (Å²) in [5.74, 6) is -0.805. The molecule has 0 unspecified atom stereocenters. The smallest absolute Gasteiger partial charge is 0.436 e. The number of benzene rings is 1. The van der Waals surface area contributed by atoms with Gasteiger partial charge in [-0.15, -0.1) is 0 Å². The van der Waals surface area contributed by atoms with Gasteiger partial charge in [0.25, 0.3) is 0 Å². The van der Waals surface area contributed by atoms with E-state index in [0.29, 0.717) is 6.26 Å². The Bertz CT molecular complexity index is 1440. The fourth-order valence-corrected chi connectivity index (χ4v) is 5.12. The van der Waals surface area contributed by atoms with Gasteiger partial charge in [0, 0.05) is 31.0 Å². The number of carbonyl (C=O) groups excluding carboxylic acids is 1. The highest BCUT2D eigenvalue weighted by Crippen LogP contribution is 2.42. The number of fused-ring (bicyclic) bond motifs is 1. The van der Waals surface area contributed by atoms with Crippen LogP contribution in [-0.4, -0.2) is 54.9 Å². The Morgan fingerprint density at radius 1 is 1.14 bits per heavy atom. The summed E-state index contributed by atoms with van der Waals surface area (Å²) in [5.41, 5.74) is -5.36. The number of likely N-dealkylation sites (tertiary alicyclic amines) is 1. The Balaban J connectivity index is 1.69. The van der Waals surface area contributed by atoms with Crippen LogP contribution in [0.4, 0.5) is 31.1 Å². The molecule has 1 saturated heterocycles. The van der Waals surface area contributed by atoms with Crippen molar-refractivity contribution in [2.75, 3.05) is 6.61 Å².